The minimum absolute atomic E-state index is 0.268. The van der Waals surface area contributed by atoms with Crippen molar-refractivity contribution in [3.63, 3.8) is 0 Å². The van der Waals surface area contributed by atoms with E-state index in [1.165, 1.54) is 6.07 Å². The molecule has 2 aromatic carbocycles. The topological polar surface area (TPSA) is 134 Å². The SMILES string of the molecule is Cc1ccc(NC(=O)C(=O)N/N=C/c2ccc(O)c([N+](=O)[O-])c2)cc1C. The first-order valence-corrected chi connectivity index (χ1v) is 7.47. The van der Waals surface area contributed by atoms with Crippen molar-refractivity contribution in [3.05, 3.63) is 63.2 Å². The van der Waals surface area contributed by atoms with Gasteiger partial charge in [0, 0.05) is 17.3 Å². The smallest absolute Gasteiger partial charge is 0.329 e. The summed E-state index contributed by atoms with van der Waals surface area (Å²) in [5, 5.41) is 26.1. The molecule has 9 nitrogen and oxygen atoms in total. The predicted octanol–water partition coefficient (Wildman–Crippen LogP) is 2.01. The number of hydrazone groups is 1. The van der Waals surface area contributed by atoms with Crippen molar-refractivity contribution in [2.75, 3.05) is 5.32 Å². The Morgan fingerprint density at radius 3 is 2.50 bits per heavy atom. The lowest BCUT2D eigenvalue weighted by atomic mass is 10.1. The van der Waals surface area contributed by atoms with Crippen LogP contribution in [0.3, 0.4) is 0 Å². The number of nitro groups is 1. The Labute approximate surface area is 148 Å². The Hall–Kier alpha value is -3.75. The molecule has 2 rings (SSSR count). The number of aryl methyl sites for hydroxylation is 2. The third kappa shape index (κ3) is 4.63. The maximum Gasteiger partial charge on any atom is 0.329 e. The zero-order chi connectivity index (χ0) is 19.3. The number of phenols is 1. The molecule has 2 amide bonds. The van der Waals surface area contributed by atoms with E-state index in [0.29, 0.717) is 5.69 Å². The van der Waals surface area contributed by atoms with Crippen molar-refractivity contribution in [1.82, 2.24) is 5.43 Å². The molecular formula is C17H16N4O5. The molecule has 0 aliphatic heterocycles. The zero-order valence-corrected chi connectivity index (χ0v) is 14.0. The molecule has 0 saturated heterocycles. The second-order valence-electron chi connectivity index (χ2n) is 5.46. The molecule has 0 atom stereocenters. The van der Waals surface area contributed by atoms with Gasteiger partial charge in [0.2, 0.25) is 0 Å². The van der Waals surface area contributed by atoms with Crippen molar-refractivity contribution >= 4 is 29.4 Å². The number of phenolic OH excluding ortho intramolecular Hbond substituents is 1. The van der Waals surface area contributed by atoms with Crippen LogP contribution in [-0.4, -0.2) is 28.1 Å². The lowest BCUT2D eigenvalue weighted by Crippen LogP contribution is -2.32. The largest absolute Gasteiger partial charge is 0.502 e. The fourth-order valence-electron chi connectivity index (χ4n) is 1.99. The van der Waals surface area contributed by atoms with Gasteiger partial charge in [-0.15, -0.1) is 0 Å². The highest BCUT2D eigenvalue weighted by Gasteiger charge is 2.14. The van der Waals surface area contributed by atoms with Crippen LogP contribution < -0.4 is 10.7 Å². The minimum atomic E-state index is -0.993. The van der Waals surface area contributed by atoms with E-state index in [2.05, 4.69) is 10.4 Å². The van der Waals surface area contributed by atoms with E-state index in [-0.39, 0.29) is 5.56 Å². The lowest BCUT2D eigenvalue weighted by Gasteiger charge is -2.06. The van der Waals surface area contributed by atoms with E-state index in [1.54, 1.807) is 12.1 Å². The average Bonchev–Trinajstić information content (AvgIpc) is 2.59. The van der Waals surface area contributed by atoms with Crippen LogP contribution in [0, 0.1) is 24.0 Å². The number of nitrogens with zero attached hydrogens (tertiary/aromatic N) is 2. The Kier molecular flexibility index (Phi) is 5.63. The number of rotatable bonds is 4. The third-order valence-corrected chi connectivity index (χ3v) is 3.55. The molecule has 0 heterocycles. The van der Waals surface area contributed by atoms with Crippen LogP contribution in [0.2, 0.25) is 0 Å². The van der Waals surface area contributed by atoms with Crippen LogP contribution in [0.4, 0.5) is 11.4 Å². The van der Waals surface area contributed by atoms with Gasteiger partial charge in [0.15, 0.2) is 5.75 Å². The van der Waals surface area contributed by atoms with Gasteiger partial charge in [0.1, 0.15) is 0 Å². The number of aromatic hydroxyl groups is 1. The number of amides is 2. The van der Waals surface area contributed by atoms with E-state index in [1.807, 2.05) is 25.3 Å². The number of anilines is 1. The molecule has 0 saturated carbocycles. The number of carbonyl (C=O) groups is 2. The Balaban J connectivity index is 1.98. The maximum atomic E-state index is 11.8. The number of benzene rings is 2. The van der Waals surface area contributed by atoms with Gasteiger partial charge in [0.05, 0.1) is 11.1 Å². The first kappa shape index (κ1) is 18.6. The molecule has 0 bridgehead atoms. The van der Waals surface area contributed by atoms with E-state index < -0.39 is 28.2 Å². The van der Waals surface area contributed by atoms with Gasteiger partial charge >= 0.3 is 17.5 Å². The standard InChI is InChI=1S/C17H16N4O5/c1-10-3-5-13(7-11(10)2)19-16(23)17(24)20-18-9-12-4-6-15(22)14(8-12)21(25)26/h3-9,22H,1-2H3,(H,19,23)(H,20,24)/b18-9+. The molecule has 9 heteroatoms. The zero-order valence-electron chi connectivity index (χ0n) is 14.0. The molecule has 0 unspecified atom stereocenters. The average molecular weight is 356 g/mol. The second-order valence-corrected chi connectivity index (χ2v) is 5.46. The molecule has 0 aliphatic carbocycles. The molecule has 0 aliphatic rings. The summed E-state index contributed by atoms with van der Waals surface area (Å²) in [4.78, 5) is 33.5. The molecule has 0 aromatic heterocycles. The number of hydrogen-bond acceptors (Lipinski definition) is 6. The van der Waals surface area contributed by atoms with Crippen molar-refractivity contribution < 1.29 is 19.6 Å². The van der Waals surface area contributed by atoms with E-state index in [4.69, 9.17) is 0 Å². The summed E-state index contributed by atoms with van der Waals surface area (Å²) in [7, 11) is 0. The Bertz CT molecular complexity index is 908. The summed E-state index contributed by atoms with van der Waals surface area (Å²) < 4.78 is 0. The Morgan fingerprint density at radius 1 is 1.12 bits per heavy atom. The van der Waals surface area contributed by atoms with E-state index in [9.17, 15) is 24.8 Å². The fraction of sp³-hybridized carbons (Fsp3) is 0.118. The van der Waals surface area contributed by atoms with Crippen molar-refractivity contribution in [1.29, 1.82) is 0 Å². The van der Waals surface area contributed by atoms with Gasteiger partial charge in [-0.1, -0.05) is 6.07 Å². The Morgan fingerprint density at radius 2 is 1.85 bits per heavy atom. The summed E-state index contributed by atoms with van der Waals surface area (Å²) in [5.41, 5.74) is 4.30. The van der Waals surface area contributed by atoms with Crippen LogP contribution in [0.25, 0.3) is 0 Å². The van der Waals surface area contributed by atoms with Crippen LogP contribution >= 0.6 is 0 Å². The van der Waals surface area contributed by atoms with Crippen molar-refractivity contribution in [2.24, 2.45) is 5.10 Å². The molecule has 0 spiro atoms. The highest BCUT2D eigenvalue weighted by atomic mass is 16.6. The summed E-state index contributed by atoms with van der Waals surface area (Å²) in [6, 6.07) is 8.81. The molecule has 3 N–H and O–H groups in total. The van der Waals surface area contributed by atoms with Crippen LogP contribution in [0.1, 0.15) is 16.7 Å². The molecule has 134 valence electrons. The molecule has 2 aromatic rings. The number of hydrogen-bond donors (Lipinski definition) is 3. The number of nitrogens with one attached hydrogen (secondary N) is 2. The summed E-state index contributed by atoms with van der Waals surface area (Å²) in [5.74, 6) is -2.38. The number of nitro benzene ring substituents is 1. The minimum Gasteiger partial charge on any atom is -0.502 e. The normalized spacial score (nSPS) is 10.5. The van der Waals surface area contributed by atoms with E-state index in [0.717, 1.165) is 29.5 Å². The van der Waals surface area contributed by atoms with Gasteiger partial charge in [-0.25, -0.2) is 5.43 Å². The van der Waals surface area contributed by atoms with Crippen LogP contribution in [0.15, 0.2) is 41.5 Å². The summed E-state index contributed by atoms with van der Waals surface area (Å²) in [6.45, 7) is 3.81. The molecule has 0 radical (unpaired) electrons. The highest BCUT2D eigenvalue weighted by Crippen LogP contribution is 2.25. The van der Waals surface area contributed by atoms with Gasteiger partial charge in [-0.05, 0) is 49.2 Å². The second kappa shape index (κ2) is 7.88. The lowest BCUT2D eigenvalue weighted by molar-refractivity contribution is -0.385. The van der Waals surface area contributed by atoms with E-state index >= 15 is 0 Å². The van der Waals surface area contributed by atoms with Crippen LogP contribution in [-0.2, 0) is 9.59 Å². The van der Waals surface area contributed by atoms with Gasteiger partial charge in [-0.2, -0.15) is 5.10 Å². The van der Waals surface area contributed by atoms with Gasteiger partial charge in [0.25, 0.3) is 0 Å². The van der Waals surface area contributed by atoms with Crippen molar-refractivity contribution in [2.45, 2.75) is 13.8 Å². The molecule has 26 heavy (non-hydrogen) atoms. The molecule has 0 fully saturated rings. The first-order chi connectivity index (χ1) is 12.3. The predicted molar refractivity (Wildman–Crippen MR) is 95.0 cm³/mol. The van der Waals surface area contributed by atoms with Gasteiger partial charge in [-0.3, -0.25) is 19.7 Å². The highest BCUT2D eigenvalue weighted by molar-refractivity contribution is 6.39. The quantitative estimate of drug-likeness (QED) is 0.333. The first-order valence-electron chi connectivity index (χ1n) is 7.47. The van der Waals surface area contributed by atoms with Gasteiger partial charge < -0.3 is 10.4 Å². The molecular weight excluding hydrogens is 340 g/mol. The maximum absolute atomic E-state index is 11.8. The number of carbonyl (C=O) groups excluding carboxylic acids is 2. The monoisotopic (exact) mass is 356 g/mol. The third-order valence-electron chi connectivity index (χ3n) is 3.55. The summed E-state index contributed by atoms with van der Waals surface area (Å²) in [6.07, 6.45) is 1.12. The van der Waals surface area contributed by atoms with Crippen LogP contribution in [0.5, 0.6) is 5.75 Å². The fourth-order valence-corrected chi connectivity index (χ4v) is 1.99. The van der Waals surface area contributed by atoms with Crippen molar-refractivity contribution in [3.8, 4) is 5.75 Å². The summed E-state index contributed by atoms with van der Waals surface area (Å²) >= 11 is 0.